The second kappa shape index (κ2) is 5.11. The molecule has 0 saturated heterocycles. The molecule has 0 unspecified atom stereocenters. The average Bonchev–Trinajstić information content (AvgIpc) is 3.07. The maximum Gasteiger partial charge on any atom is 0.139 e. The summed E-state index contributed by atoms with van der Waals surface area (Å²) in [5.74, 6) is 0.339. The standard InChI is InChI=1S/C15H23N3O/c1-11-6-12(2)8-13(7-11)18(3)10-15(4-5-15)9-14(16)17-19/h6-8,19H,4-5,9-10H2,1-3H3,(H2,16,17). The minimum atomic E-state index is 0.197. The van der Waals surface area contributed by atoms with Crippen LogP contribution >= 0.6 is 0 Å². The van der Waals surface area contributed by atoms with Crippen LogP contribution < -0.4 is 10.6 Å². The summed E-state index contributed by atoms with van der Waals surface area (Å²) in [6.07, 6.45) is 2.98. The van der Waals surface area contributed by atoms with Gasteiger partial charge in [0.15, 0.2) is 0 Å². The fourth-order valence-electron chi connectivity index (χ4n) is 2.75. The van der Waals surface area contributed by atoms with Gasteiger partial charge in [0.05, 0.1) is 0 Å². The van der Waals surface area contributed by atoms with Crippen molar-refractivity contribution in [2.45, 2.75) is 33.1 Å². The lowest BCUT2D eigenvalue weighted by molar-refractivity contribution is 0.314. The fraction of sp³-hybridized carbons (Fsp3) is 0.533. The van der Waals surface area contributed by atoms with E-state index in [2.05, 4.69) is 49.1 Å². The van der Waals surface area contributed by atoms with Crippen molar-refractivity contribution in [3.05, 3.63) is 29.3 Å². The van der Waals surface area contributed by atoms with Gasteiger partial charge in [-0.2, -0.15) is 0 Å². The molecule has 0 spiro atoms. The Bertz CT molecular complexity index is 472. The summed E-state index contributed by atoms with van der Waals surface area (Å²) in [6, 6.07) is 6.58. The van der Waals surface area contributed by atoms with Gasteiger partial charge < -0.3 is 15.8 Å². The quantitative estimate of drug-likeness (QED) is 0.371. The van der Waals surface area contributed by atoms with Crippen LogP contribution in [0.5, 0.6) is 0 Å². The van der Waals surface area contributed by atoms with Crippen LogP contribution in [0.3, 0.4) is 0 Å². The zero-order chi connectivity index (χ0) is 14.0. The van der Waals surface area contributed by atoms with Crippen LogP contribution in [0.15, 0.2) is 23.4 Å². The molecule has 104 valence electrons. The second-order valence-corrected chi connectivity index (χ2v) is 5.97. The van der Waals surface area contributed by atoms with Gasteiger partial charge in [0.1, 0.15) is 5.84 Å². The van der Waals surface area contributed by atoms with Gasteiger partial charge >= 0.3 is 0 Å². The Labute approximate surface area is 114 Å². The third-order valence-corrected chi connectivity index (χ3v) is 3.86. The van der Waals surface area contributed by atoms with Gasteiger partial charge in [-0.05, 0) is 55.4 Å². The van der Waals surface area contributed by atoms with Crippen LogP contribution in [0.2, 0.25) is 0 Å². The third kappa shape index (κ3) is 3.40. The summed E-state index contributed by atoms with van der Waals surface area (Å²) in [6.45, 7) is 5.19. The Morgan fingerprint density at radius 2 is 1.89 bits per heavy atom. The molecule has 0 amide bonds. The number of rotatable bonds is 5. The van der Waals surface area contributed by atoms with Crippen molar-refractivity contribution in [1.29, 1.82) is 0 Å². The molecule has 2 rings (SSSR count). The third-order valence-electron chi connectivity index (χ3n) is 3.86. The van der Waals surface area contributed by atoms with E-state index in [9.17, 15) is 0 Å². The lowest BCUT2D eigenvalue weighted by Gasteiger charge is -2.26. The molecule has 1 aromatic rings. The van der Waals surface area contributed by atoms with Gasteiger partial charge in [-0.25, -0.2) is 0 Å². The van der Waals surface area contributed by atoms with Gasteiger partial charge in [0.2, 0.25) is 0 Å². The summed E-state index contributed by atoms with van der Waals surface area (Å²) >= 11 is 0. The van der Waals surface area contributed by atoms with Crippen molar-refractivity contribution in [2.24, 2.45) is 16.3 Å². The van der Waals surface area contributed by atoms with E-state index in [0.717, 1.165) is 19.4 Å². The van der Waals surface area contributed by atoms with E-state index in [1.165, 1.54) is 16.8 Å². The molecule has 0 atom stereocenters. The molecule has 4 heteroatoms. The number of oxime groups is 1. The van der Waals surface area contributed by atoms with Crippen LogP contribution in [0.4, 0.5) is 5.69 Å². The van der Waals surface area contributed by atoms with Crippen molar-refractivity contribution in [3.8, 4) is 0 Å². The molecule has 1 saturated carbocycles. The first kappa shape index (κ1) is 13.7. The molecular formula is C15H23N3O. The number of aryl methyl sites for hydroxylation is 2. The number of nitrogens with two attached hydrogens (primary N) is 1. The zero-order valence-corrected chi connectivity index (χ0v) is 12.0. The molecule has 19 heavy (non-hydrogen) atoms. The summed E-state index contributed by atoms with van der Waals surface area (Å²) in [7, 11) is 2.11. The molecule has 0 aliphatic heterocycles. The normalized spacial score (nSPS) is 17.3. The maximum atomic E-state index is 8.70. The minimum Gasteiger partial charge on any atom is -0.409 e. The first-order valence-electron chi connectivity index (χ1n) is 6.70. The number of benzene rings is 1. The largest absolute Gasteiger partial charge is 0.409 e. The molecule has 0 heterocycles. The molecule has 3 N–H and O–H groups in total. The van der Waals surface area contributed by atoms with Gasteiger partial charge in [0, 0.05) is 25.7 Å². The second-order valence-electron chi connectivity index (χ2n) is 5.97. The molecule has 0 bridgehead atoms. The molecule has 0 aromatic heterocycles. The van der Waals surface area contributed by atoms with E-state index in [0.29, 0.717) is 12.3 Å². The van der Waals surface area contributed by atoms with E-state index < -0.39 is 0 Å². The maximum absolute atomic E-state index is 8.70. The summed E-state index contributed by atoms with van der Waals surface area (Å²) in [4.78, 5) is 2.28. The summed E-state index contributed by atoms with van der Waals surface area (Å²) < 4.78 is 0. The van der Waals surface area contributed by atoms with Gasteiger partial charge in [-0.15, -0.1) is 0 Å². The molecule has 1 aliphatic rings. The smallest absolute Gasteiger partial charge is 0.139 e. The first-order chi connectivity index (χ1) is 8.94. The first-order valence-corrected chi connectivity index (χ1v) is 6.70. The van der Waals surface area contributed by atoms with Gasteiger partial charge in [-0.3, -0.25) is 0 Å². The number of nitrogens with zero attached hydrogens (tertiary/aromatic N) is 2. The number of anilines is 1. The minimum absolute atomic E-state index is 0.197. The summed E-state index contributed by atoms with van der Waals surface area (Å²) in [5.41, 5.74) is 9.64. The Hall–Kier alpha value is -1.71. The van der Waals surface area contributed by atoms with E-state index in [-0.39, 0.29) is 5.41 Å². The molecular weight excluding hydrogens is 238 g/mol. The van der Waals surface area contributed by atoms with Crippen LogP contribution in [0, 0.1) is 19.3 Å². The molecule has 4 nitrogen and oxygen atoms in total. The monoisotopic (exact) mass is 261 g/mol. The number of amidine groups is 1. The van der Waals surface area contributed by atoms with Crippen molar-refractivity contribution in [3.63, 3.8) is 0 Å². The highest BCUT2D eigenvalue weighted by atomic mass is 16.4. The Morgan fingerprint density at radius 1 is 1.32 bits per heavy atom. The molecule has 0 radical (unpaired) electrons. The van der Waals surface area contributed by atoms with Crippen molar-refractivity contribution < 1.29 is 5.21 Å². The van der Waals surface area contributed by atoms with Crippen molar-refractivity contribution in [1.82, 2.24) is 0 Å². The highest BCUT2D eigenvalue weighted by molar-refractivity contribution is 5.80. The Kier molecular flexibility index (Phi) is 3.69. The number of hydrogen-bond acceptors (Lipinski definition) is 3. The Morgan fingerprint density at radius 3 is 2.37 bits per heavy atom. The van der Waals surface area contributed by atoms with Gasteiger partial charge in [0.25, 0.3) is 0 Å². The Balaban J connectivity index is 2.06. The van der Waals surface area contributed by atoms with Crippen LogP contribution in [-0.2, 0) is 0 Å². The van der Waals surface area contributed by atoms with Crippen LogP contribution in [0.25, 0.3) is 0 Å². The SMILES string of the molecule is Cc1cc(C)cc(N(C)CC2(CC(N)=NO)CC2)c1. The predicted octanol–water partition coefficient (Wildman–Crippen LogP) is 2.66. The molecule has 1 fully saturated rings. The van der Waals surface area contributed by atoms with E-state index in [4.69, 9.17) is 10.9 Å². The highest BCUT2D eigenvalue weighted by Crippen LogP contribution is 2.49. The lowest BCUT2D eigenvalue weighted by Crippen LogP contribution is -2.30. The topological polar surface area (TPSA) is 61.8 Å². The lowest BCUT2D eigenvalue weighted by atomic mass is 10.0. The van der Waals surface area contributed by atoms with Crippen LogP contribution in [0.1, 0.15) is 30.4 Å². The summed E-state index contributed by atoms with van der Waals surface area (Å²) in [5, 5.41) is 11.8. The number of hydrogen-bond donors (Lipinski definition) is 2. The average molecular weight is 261 g/mol. The zero-order valence-electron chi connectivity index (χ0n) is 12.0. The van der Waals surface area contributed by atoms with Crippen molar-refractivity contribution >= 4 is 11.5 Å². The van der Waals surface area contributed by atoms with E-state index in [1.807, 2.05) is 0 Å². The molecule has 1 aliphatic carbocycles. The van der Waals surface area contributed by atoms with E-state index in [1.54, 1.807) is 0 Å². The highest BCUT2D eigenvalue weighted by Gasteiger charge is 2.44. The van der Waals surface area contributed by atoms with Crippen molar-refractivity contribution in [2.75, 3.05) is 18.5 Å². The predicted molar refractivity (Wildman–Crippen MR) is 78.9 cm³/mol. The molecule has 1 aromatic carbocycles. The van der Waals surface area contributed by atoms with E-state index >= 15 is 0 Å². The van der Waals surface area contributed by atoms with Crippen LogP contribution in [-0.4, -0.2) is 24.6 Å². The fourth-order valence-corrected chi connectivity index (χ4v) is 2.75. The van der Waals surface area contributed by atoms with Gasteiger partial charge in [-0.1, -0.05) is 11.2 Å².